The summed E-state index contributed by atoms with van der Waals surface area (Å²) in [6.45, 7) is 1.46. The molecule has 0 aliphatic heterocycles. The quantitative estimate of drug-likeness (QED) is 0.151. The number of para-hydroxylation sites is 1. The van der Waals surface area contributed by atoms with Crippen LogP contribution in [0.1, 0.15) is 5.76 Å². The van der Waals surface area contributed by atoms with Crippen LogP contribution in [0, 0.1) is 11.3 Å². The Kier molecular flexibility index (Phi) is 8.93. The number of carbonyl (C=O) groups is 1. The minimum absolute atomic E-state index is 0.0988. The highest BCUT2D eigenvalue weighted by Crippen LogP contribution is 2.38. The summed E-state index contributed by atoms with van der Waals surface area (Å²) >= 11 is 0. The SMILES string of the molecule is COc1cc(N(C)CCN(C)C)c(NC(=O)/C(C#N)=C/c2ccco2)cc1Nc1nccc(-c2cn(C)c3ccccc23)n1. The number of methoxy groups -OCH3 is 1. The zero-order valence-electron chi connectivity index (χ0n) is 25.3. The molecule has 5 rings (SSSR count). The number of ether oxygens (including phenoxy) is 1. The van der Waals surface area contributed by atoms with Gasteiger partial charge in [0.15, 0.2) is 0 Å². The van der Waals surface area contributed by atoms with E-state index in [1.807, 2.05) is 69.6 Å². The second-order valence-corrected chi connectivity index (χ2v) is 10.5. The minimum Gasteiger partial charge on any atom is -0.494 e. The molecule has 224 valence electrons. The maximum absolute atomic E-state index is 13.3. The molecular formula is C33H34N8O3. The van der Waals surface area contributed by atoms with Gasteiger partial charge in [-0.1, -0.05) is 18.2 Å². The first-order valence-electron chi connectivity index (χ1n) is 14.0. The molecule has 11 nitrogen and oxygen atoms in total. The summed E-state index contributed by atoms with van der Waals surface area (Å²) in [5.74, 6) is 0.715. The molecule has 0 bridgehead atoms. The Bertz CT molecular complexity index is 1850. The van der Waals surface area contributed by atoms with Gasteiger partial charge in [-0.05, 0) is 44.4 Å². The maximum Gasteiger partial charge on any atom is 0.266 e. The van der Waals surface area contributed by atoms with E-state index in [0.717, 1.165) is 28.7 Å². The van der Waals surface area contributed by atoms with Crippen molar-refractivity contribution in [2.75, 3.05) is 56.9 Å². The number of carbonyl (C=O) groups excluding carboxylic acids is 1. The van der Waals surface area contributed by atoms with E-state index in [1.165, 1.54) is 12.3 Å². The normalized spacial score (nSPS) is 11.4. The Morgan fingerprint density at radius 1 is 1.11 bits per heavy atom. The summed E-state index contributed by atoms with van der Waals surface area (Å²) in [4.78, 5) is 26.6. The van der Waals surface area contributed by atoms with Crippen LogP contribution in [-0.2, 0) is 11.8 Å². The number of nitrogens with one attached hydrogen (secondary N) is 2. The predicted molar refractivity (Wildman–Crippen MR) is 173 cm³/mol. The van der Waals surface area contributed by atoms with Crippen molar-refractivity contribution < 1.29 is 13.9 Å². The number of furan rings is 1. The molecule has 3 heterocycles. The largest absolute Gasteiger partial charge is 0.494 e. The summed E-state index contributed by atoms with van der Waals surface area (Å²) in [5, 5.41) is 17.0. The van der Waals surface area contributed by atoms with E-state index in [4.69, 9.17) is 14.1 Å². The lowest BCUT2D eigenvalue weighted by molar-refractivity contribution is -0.112. The van der Waals surface area contributed by atoms with E-state index in [1.54, 1.807) is 31.5 Å². The highest BCUT2D eigenvalue weighted by molar-refractivity contribution is 6.11. The van der Waals surface area contributed by atoms with Crippen molar-refractivity contribution >= 4 is 45.9 Å². The van der Waals surface area contributed by atoms with Gasteiger partial charge in [-0.25, -0.2) is 9.97 Å². The van der Waals surface area contributed by atoms with E-state index in [2.05, 4.69) is 37.2 Å². The predicted octanol–water partition coefficient (Wildman–Crippen LogP) is 5.52. The number of aromatic nitrogens is 3. The lowest BCUT2D eigenvalue weighted by Crippen LogP contribution is -2.29. The number of nitriles is 1. The van der Waals surface area contributed by atoms with Crippen LogP contribution in [0.25, 0.3) is 28.2 Å². The number of fused-ring (bicyclic) bond motifs is 1. The van der Waals surface area contributed by atoms with Gasteiger partial charge in [-0.15, -0.1) is 0 Å². The Balaban J connectivity index is 1.51. The minimum atomic E-state index is -0.573. The van der Waals surface area contributed by atoms with E-state index < -0.39 is 5.91 Å². The summed E-state index contributed by atoms with van der Waals surface area (Å²) < 4.78 is 13.1. The third-order valence-electron chi connectivity index (χ3n) is 7.13. The molecule has 0 aliphatic carbocycles. The lowest BCUT2D eigenvalue weighted by Gasteiger charge is -2.26. The number of aryl methyl sites for hydroxylation is 1. The molecule has 0 unspecified atom stereocenters. The van der Waals surface area contributed by atoms with Crippen molar-refractivity contribution in [3.05, 3.63) is 84.6 Å². The van der Waals surface area contributed by atoms with Gasteiger partial charge in [-0.3, -0.25) is 4.79 Å². The topological polar surface area (TPSA) is 124 Å². The van der Waals surface area contributed by atoms with Gasteiger partial charge in [0.05, 0.1) is 36.1 Å². The molecule has 0 fully saturated rings. The van der Waals surface area contributed by atoms with Gasteiger partial charge in [0, 0.05) is 68.2 Å². The van der Waals surface area contributed by atoms with Crippen molar-refractivity contribution in [2.24, 2.45) is 7.05 Å². The maximum atomic E-state index is 13.3. The number of likely N-dealkylation sites (N-methyl/N-ethyl adjacent to an activating group) is 2. The van der Waals surface area contributed by atoms with E-state index in [-0.39, 0.29) is 5.57 Å². The van der Waals surface area contributed by atoms with Gasteiger partial charge >= 0.3 is 0 Å². The average Bonchev–Trinajstić information content (AvgIpc) is 3.66. The second-order valence-electron chi connectivity index (χ2n) is 10.5. The van der Waals surface area contributed by atoms with Crippen molar-refractivity contribution in [1.82, 2.24) is 19.4 Å². The Hall–Kier alpha value is -5.60. The van der Waals surface area contributed by atoms with Gasteiger partial charge in [0.25, 0.3) is 5.91 Å². The molecule has 2 aromatic carbocycles. The fourth-order valence-electron chi connectivity index (χ4n) is 4.81. The smallest absolute Gasteiger partial charge is 0.266 e. The fraction of sp³-hybridized carbons (Fsp3) is 0.212. The Morgan fingerprint density at radius 3 is 2.66 bits per heavy atom. The van der Waals surface area contributed by atoms with Crippen molar-refractivity contribution in [3.8, 4) is 23.1 Å². The highest BCUT2D eigenvalue weighted by atomic mass is 16.5. The monoisotopic (exact) mass is 590 g/mol. The molecule has 0 spiro atoms. The summed E-state index contributed by atoms with van der Waals surface area (Å²) in [6.07, 6.45) is 6.63. The first-order chi connectivity index (χ1) is 21.3. The van der Waals surface area contributed by atoms with Crippen molar-refractivity contribution in [3.63, 3.8) is 0 Å². The molecular weight excluding hydrogens is 556 g/mol. The van der Waals surface area contributed by atoms with Crippen LogP contribution < -0.4 is 20.3 Å². The van der Waals surface area contributed by atoms with E-state index in [9.17, 15) is 10.1 Å². The Morgan fingerprint density at radius 2 is 1.93 bits per heavy atom. The van der Waals surface area contributed by atoms with Gasteiger partial charge in [-0.2, -0.15) is 5.26 Å². The molecule has 0 atom stereocenters. The average molecular weight is 591 g/mol. The molecule has 44 heavy (non-hydrogen) atoms. The Labute approximate surface area is 256 Å². The third kappa shape index (κ3) is 6.56. The number of hydrogen-bond donors (Lipinski definition) is 2. The van der Waals surface area contributed by atoms with Gasteiger partial charge < -0.3 is 34.2 Å². The molecule has 3 aromatic heterocycles. The molecule has 5 aromatic rings. The molecule has 2 N–H and O–H groups in total. The number of benzene rings is 2. The van der Waals surface area contributed by atoms with Gasteiger partial charge in [0.2, 0.25) is 5.95 Å². The number of amides is 1. The van der Waals surface area contributed by atoms with Crippen LogP contribution in [-0.4, -0.2) is 66.7 Å². The van der Waals surface area contributed by atoms with Crippen LogP contribution in [0.5, 0.6) is 5.75 Å². The lowest BCUT2D eigenvalue weighted by atomic mass is 10.1. The molecule has 0 aliphatic rings. The van der Waals surface area contributed by atoms with E-state index >= 15 is 0 Å². The highest BCUT2D eigenvalue weighted by Gasteiger charge is 2.19. The molecule has 1 amide bonds. The zero-order chi connectivity index (χ0) is 31.2. The summed E-state index contributed by atoms with van der Waals surface area (Å²) in [5.41, 5.74) is 4.47. The van der Waals surface area contributed by atoms with Crippen molar-refractivity contribution in [1.29, 1.82) is 5.26 Å². The summed E-state index contributed by atoms with van der Waals surface area (Å²) in [6, 6.07) is 18.9. The van der Waals surface area contributed by atoms with Crippen molar-refractivity contribution in [2.45, 2.75) is 0 Å². The molecule has 0 radical (unpaired) electrons. The second kappa shape index (κ2) is 13.1. The van der Waals surface area contributed by atoms with E-state index in [0.29, 0.717) is 41.1 Å². The van der Waals surface area contributed by atoms with Crippen LogP contribution in [0.15, 0.2) is 83.2 Å². The van der Waals surface area contributed by atoms with Crippen LogP contribution in [0.4, 0.5) is 23.0 Å². The first kappa shape index (κ1) is 29.9. The number of anilines is 4. The van der Waals surface area contributed by atoms with Crippen LogP contribution in [0.2, 0.25) is 0 Å². The third-order valence-corrected chi connectivity index (χ3v) is 7.13. The number of hydrogen-bond acceptors (Lipinski definition) is 9. The van der Waals surface area contributed by atoms with Crippen LogP contribution >= 0.6 is 0 Å². The first-order valence-corrected chi connectivity index (χ1v) is 14.0. The molecule has 11 heteroatoms. The summed E-state index contributed by atoms with van der Waals surface area (Å²) in [7, 11) is 9.51. The fourth-order valence-corrected chi connectivity index (χ4v) is 4.81. The standard InChI is InChI=1S/C33H34N8O3/c1-39(2)14-15-40(3)30-19-31(43-5)28(18-27(30)36-32(42)22(20-34)17-23-9-8-16-44-23)38-33-35-13-12-26(37-33)25-21-41(4)29-11-7-6-10-24(25)29/h6-13,16-19,21H,14-15H2,1-5H3,(H,36,42)(H,35,37,38)/b22-17+. The van der Waals surface area contributed by atoms with Gasteiger partial charge in [0.1, 0.15) is 23.2 Å². The molecule has 0 saturated carbocycles. The number of rotatable bonds is 11. The van der Waals surface area contributed by atoms with Crippen LogP contribution in [0.3, 0.4) is 0 Å². The number of nitrogens with zero attached hydrogens (tertiary/aromatic N) is 6. The molecule has 0 saturated heterocycles. The zero-order valence-corrected chi connectivity index (χ0v) is 25.3.